The van der Waals surface area contributed by atoms with Crippen LogP contribution in [0.2, 0.25) is 5.15 Å². The van der Waals surface area contributed by atoms with Gasteiger partial charge in [0.05, 0.1) is 5.52 Å². The molecule has 0 aliphatic rings. The van der Waals surface area contributed by atoms with Gasteiger partial charge in [0.2, 0.25) is 5.82 Å². The number of alkyl halides is 3. The standard InChI is InChI=1S/C16H14ClF3N4S/c1-8-4-5-10-6-11(13(17)21-12(10)9(8)2)7-25-15-23-22-14(24(15)3)16(18,19)20/h4-6H,7H2,1-3H3. The maximum absolute atomic E-state index is 12.8. The van der Waals surface area contributed by atoms with Crippen LogP contribution in [0.25, 0.3) is 10.9 Å². The molecule has 1 aromatic carbocycles. The van der Waals surface area contributed by atoms with Crippen molar-refractivity contribution in [2.75, 3.05) is 0 Å². The minimum atomic E-state index is -4.53. The van der Waals surface area contributed by atoms with Gasteiger partial charge in [0.1, 0.15) is 5.15 Å². The van der Waals surface area contributed by atoms with Crippen LogP contribution in [0.3, 0.4) is 0 Å². The van der Waals surface area contributed by atoms with Crippen LogP contribution in [-0.2, 0) is 19.0 Å². The third-order valence-electron chi connectivity index (χ3n) is 3.98. The van der Waals surface area contributed by atoms with Gasteiger partial charge in [0, 0.05) is 23.8 Å². The van der Waals surface area contributed by atoms with Crippen LogP contribution >= 0.6 is 23.4 Å². The Morgan fingerprint density at radius 1 is 1.20 bits per heavy atom. The summed E-state index contributed by atoms with van der Waals surface area (Å²) in [5, 5.41) is 8.27. The lowest BCUT2D eigenvalue weighted by molar-refractivity contribution is -0.147. The second-order valence-electron chi connectivity index (χ2n) is 5.67. The number of hydrogen-bond donors (Lipinski definition) is 0. The second kappa shape index (κ2) is 6.49. The summed E-state index contributed by atoms with van der Waals surface area (Å²) >= 11 is 7.40. The van der Waals surface area contributed by atoms with Gasteiger partial charge in [0.25, 0.3) is 0 Å². The van der Waals surface area contributed by atoms with Crippen LogP contribution in [0.5, 0.6) is 0 Å². The zero-order valence-corrected chi connectivity index (χ0v) is 15.2. The Hall–Kier alpha value is -1.80. The molecule has 2 heterocycles. The molecular formula is C16H14ClF3N4S. The third kappa shape index (κ3) is 3.46. The average Bonchev–Trinajstić information content (AvgIpc) is 2.91. The summed E-state index contributed by atoms with van der Waals surface area (Å²) in [6.45, 7) is 3.98. The number of hydrogen-bond acceptors (Lipinski definition) is 4. The van der Waals surface area contributed by atoms with Crippen LogP contribution in [0.15, 0.2) is 23.4 Å². The van der Waals surface area contributed by atoms with Gasteiger partial charge in [-0.3, -0.25) is 0 Å². The molecule has 0 aliphatic carbocycles. The van der Waals surface area contributed by atoms with E-state index in [-0.39, 0.29) is 5.16 Å². The van der Waals surface area contributed by atoms with Crippen molar-refractivity contribution < 1.29 is 13.2 Å². The fraction of sp³-hybridized carbons (Fsp3) is 0.312. The molecule has 0 saturated heterocycles. The molecule has 132 valence electrons. The fourth-order valence-electron chi connectivity index (χ4n) is 2.44. The van der Waals surface area contributed by atoms with Crippen molar-refractivity contribution in [2.24, 2.45) is 7.05 Å². The molecule has 0 atom stereocenters. The predicted molar refractivity (Wildman–Crippen MR) is 91.8 cm³/mol. The molecule has 0 amide bonds. The molecule has 0 aliphatic heterocycles. The van der Waals surface area contributed by atoms with Crippen molar-refractivity contribution >= 4 is 34.3 Å². The summed E-state index contributed by atoms with van der Waals surface area (Å²) in [7, 11) is 1.29. The molecule has 0 spiro atoms. The van der Waals surface area contributed by atoms with E-state index in [0.717, 1.165) is 43.9 Å². The van der Waals surface area contributed by atoms with Crippen LogP contribution in [0.1, 0.15) is 22.5 Å². The topological polar surface area (TPSA) is 43.6 Å². The maximum atomic E-state index is 12.8. The largest absolute Gasteiger partial charge is 0.451 e. The monoisotopic (exact) mass is 386 g/mol. The number of fused-ring (bicyclic) bond motifs is 1. The van der Waals surface area contributed by atoms with Crippen molar-refractivity contribution in [3.05, 3.63) is 45.9 Å². The Kier molecular flexibility index (Phi) is 4.68. The Balaban J connectivity index is 1.88. The Bertz CT molecular complexity index is 953. The molecule has 2 aromatic heterocycles. The Labute approximate surface area is 151 Å². The van der Waals surface area contributed by atoms with E-state index in [0.29, 0.717) is 10.9 Å². The van der Waals surface area contributed by atoms with Crippen molar-refractivity contribution in [3.63, 3.8) is 0 Å². The average molecular weight is 387 g/mol. The highest BCUT2D eigenvalue weighted by molar-refractivity contribution is 7.98. The molecular weight excluding hydrogens is 373 g/mol. The molecule has 3 aromatic rings. The summed E-state index contributed by atoms with van der Waals surface area (Å²) in [6, 6.07) is 5.87. The summed E-state index contributed by atoms with van der Waals surface area (Å²) in [4.78, 5) is 4.44. The fourth-order valence-corrected chi connectivity index (χ4v) is 3.60. The normalized spacial score (nSPS) is 12.1. The van der Waals surface area contributed by atoms with E-state index in [9.17, 15) is 13.2 Å². The summed E-state index contributed by atoms with van der Waals surface area (Å²) in [5.74, 6) is -0.678. The van der Waals surface area contributed by atoms with Crippen molar-refractivity contribution in [1.82, 2.24) is 19.7 Å². The van der Waals surface area contributed by atoms with Crippen LogP contribution in [-0.4, -0.2) is 19.7 Å². The number of nitrogens with zero attached hydrogens (tertiary/aromatic N) is 4. The minimum absolute atomic E-state index is 0.170. The summed E-state index contributed by atoms with van der Waals surface area (Å²) in [5.41, 5.74) is 3.74. The van der Waals surface area contributed by atoms with E-state index in [4.69, 9.17) is 11.6 Å². The maximum Gasteiger partial charge on any atom is 0.451 e. The number of aromatic nitrogens is 4. The van der Waals surface area contributed by atoms with Crippen molar-refractivity contribution in [2.45, 2.75) is 30.9 Å². The number of thioether (sulfide) groups is 1. The number of benzene rings is 1. The van der Waals surface area contributed by atoms with Crippen LogP contribution in [0, 0.1) is 13.8 Å². The molecule has 0 unspecified atom stereocenters. The van der Waals surface area contributed by atoms with Gasteiger partial charge < -0.3 is 4.57 Å². The van der Waals surface area contributed by atoms with Gasteiger partial charge >= 0.3 is 6.18 Å². The zero-order valence-electron chi connectivity index (χ0n) is 13.6. The van der Waals surface area contributed by atoms with E-state index in [1.54, 1.807) is 0 Å². The van der Waals surface area contributed by atoms with Crippen molar-refractivity contribution in [3.8, 4) is 0 Å². The number of aryl methyl sites for hydroxylation is 2. The molecule has 0 saturated carbocycles. The number of halogens is 4. The zero-order chi connectivity index (χ0) is 18.4. The summed E-state index contributed by atoms with van der Waals surface area (Å²) < 4.78 is 39.2. The second-order valence-corrected chi connectivity index (χ2v) is 6.97. The quantitative estimate of drug-likeness (QED) is 0.472. The van der Waals surface area contributed by atoms with Crippen LogP contribution < -0.4 is 0 Å². The van der Waals surface area contributed by atoms with Gasteiger partial charge in [-0.15, -0.1) is 10.2 Å². The lowest BCUT2D eigenvalue weighted by atomic mass is 10.0. The first kappa shape index (κ1) is 18.0. The van der Waals surface area contributed by atoms with Gasteiger partial charge in [-0.25, -0.2) is 4.98 Å². The highest BCUT2D eigenvalue weighted by atomic mass is 35.5. The third-order valence-corrected chi connectivity index (χ3v) is 5.38. The minimum Gasteiger partial charge on any atom is -0.302 e. The molecule has 0 radical (unpaired) electrons. The Morgan fingerprint density at radius 3 is 2.56 bits per heavy atom. The SMILES string of the molecule is Cc1ccc2cc(CSc3nnc(C(F)(F)F)n3C)c(Cl)nc2c1C. The van der Waals surface area contributed by atoms with E-state index < -0.39 is 12.0 Å². The molecule has 3 rings (SSSR count). The molecule has 0 fully saturated rings. The number of rotatable bonds is 3. The van der Waals surface area contributed by atoms with Gasteiger partial charge in [-0.05, 0) is 31.0 Å². The Morgan fingerprint density at radius 2 is 1.92 bits per heavy atom. The lowest BCUT2D eigenvalue weighted by Gasteiger charge is -2.10. The molecule has 0 N–H and O–H groups in total. The molecule has 0 bridgehead atoms. The first-order chi connectivity index (χ1) is 11.7. The molecule has 25 heavy (non-hydrogen) atoms. The summed E-state index contributed by atoms with van der Waals surface area (Å²) in [6.07, 6.45) is -4.53. The van der Waals surface area contributed by atoms with Gasteiger partial charge in [-0.1, -0.05) is 35.5 Å². The first-order valence-electron chi connectivity index (χ1n) is 7.33. The first-order valence-corrected chi connectivity index (χ1v) is 8.69. The van der Waals surface area contributed by atoms with Gasteiger partial charge in [-0.2, -0.15) is 13.2 Å². The van der Waals surface area contributed by atoms with Gasteiger partial charge in [0.15, 0.2) is 5.16 Å². The van der Waals surface area contributed by atoms with E-state index in [1.807, 2.05) is 32.0 Å². The lowest BCUT2D eigenvalue weighted by Crippen LogP contribution is -2.12. The number of pyridine rings is 1. The van der Waals surface area contributed by atoms with E-state index in [2.05, 4.69) is 15.2 Å². The predicted octanol–water partition coefficient (Wildman–Crippen LogP) is 4.94. The van der Waals surface area contributed by atoms with E-state index in [1.165, 1.54) is 7.05 Å². The smallest absolute Gasteiger partial charge is 0.302 e. The highest BCUT2D eigenvalue weighted by Crippen LogP contribution is 2.32. The van der Waals surface area contributed by atoms with E-state index >= 15 is 0 Å². The highest BCUT2D eigenvalue weighted by Gasteiger charge is 2.37. The molecule has 4 nitrogen and oxygen atoms in total. The molecule has 9 heteroatoms. The van der Waals surface area contributed by atoms with Crippen LogP contribution in [0.4, 0.5) is 13.2 Å². The van der Waals surface area contributed by atoms with Crippen molar-refractivity contribution in [1.29, 1.82) is 0 Å².